The summed E-state index contributed by atoms with van der Waals surface area (Å²) < 4.78 is 33.8. The van der Waals surface area contributed by atoms with Crippen LogP contribution in [-0.2, 0) is 0 Å². The Hall–Kier alpha value is -2.82. The summed E-state index contributed by atoms with van der Waals surface area (Å²) in [4.78, 5) is 26.5. The molecule has 0 aliphatic rings. The van der Waals surface area contributed by atoms with Crippen molar-refractivity contribution in [3.05, 3.63) is 38.9 Å². The molecule has 0 spiro atoms. The lowest BCUT2D eigenvalue weighted by Crippen LogP contribution is -2.15. The van der Waals surface area contributed by atoms with E-state index in [1.807, 2.05) is 0 Å². The Morgan fingerprint density at radius 1 is 1.42 bits per heavy atom. The molecule has 1 heterocycles. The number of methoxy groups -OCH3 is 1. The highest BCUT2D eigenvalue weighted by Crippen LogP contribution is 2.36. The zero-order valence-corrected chi connectivity index (χ0v) is 13.2. The molecule has 0 atom stereocenters. The number of benzene rings is 1. The molecule has 24 heavy (non-hydrogen) atoms. The molecule has 1 aromatic carbocycles. The van der Waals surface area contributed by atoms with Crippen LogP contribution in [0, 0.1) is 17.0 Å². The molecule has 1 aromatic heterocycles. The van der Waals surface area contributed by atoms with Crippen LogP contribution in [-0.4, -0.2) is 29.5 Å². The van der Waals surface area contributed by atoms with Crippen LogP contribution in [0.25, 0.3) is 0 Å². The highest BCUT2D eigenvalue weighted by Gasteiger charge is 2.26. The van der Waals surface area contributed by atoms with Gasteiger partial charge in [0, 0.05) is 11.4 Å². The molecule has 0 fully saturated rings. The van der Waals surface area contributed by atoms with Crippen LogP contribution in [0.2, 0.25) is 0 Å². The Labute approximate surface area is 138 Å². The van der Waals surface area contributed by atoms with Gasteiger partial charge >= 0.3 is 6.61 Å². The molecule has 0 radical (unpaired) electrons. The molecule has 11 heteroatoms. The molecule has 0 saturated heterocycles. The molecule has 0 bridgehead atoms. The first-order valence-electron chi connectivity index (χ1n) is 6.36. The zero-order valence-electron chi connectivity index (χ0n) is 12.4. The van der Waals surface area contributed by atoms with Gasteiger partial charge in [0.1, 0.15) is 5.56 Å². The van der Waals surface area contributed by atoms with Crippen molar-refractivity contribution in [1.82, 2.24) is 4.98 Å². The number of hydrogen-bond acceptors (Lipinski definition) is 7. The summed E-state index contributed by atoms with van der Waals surface area (Å²) in [5, 5.41) is 15.5. The topological polar surface area (TPSA) is 104 Å². The quantitative estimate of drug-likeness (QED) is 0.627. The van der Waals surface area contributed by atoms with Crippen molar-refractivity contribution in [2.24, 2.45) is 0 Å². The molecular weight excluding hydrogens is 348 g/mol. The number of carbonyl (C=O) groups is 1. The fraction of sp³-hybridized carbons (Fsp3) is 0.231. The van der Waals surface area contributed by atoms with E-state index in [4.69, 9.17) is 4.74 Å². The van der Waals surface area contributed by atoms with Crippen molar-refractivity contribution >= 4 is 28.1 Å². The Morgan fingerprint density at radius 2 is 2.12 bits per heavy atom. The Balaban J connectivity index is 2.43. The number of aryl methyl sites for hydroxylation is 1. The normalized spacial score (nSPS) is 10.5. The molecule has 0 aliphatic heterocycles. The molecule has 0 saturated carbocycles. The van der Waals surface area contributed by atoms with Gasteiger partial charge in [-0.25, -0.2) is 4.98 Å². The highest BCUT2D eigenvalue weighted by molar-refractivity contribution is 7.13. The number of amides is 1. The van der Waals surface area contributed by atoms with Gasteiger partial charge in [0.05, 0.1) is 23.8 Å². The van der Waals surface area contributed by atoms with Gasteiger partial charge in [-0.3, -0.25) is 20.2 Å². The second kappa shape index (κ2) is 7.17. The Bertz CT molecular complexity index is 781. The molecule has 2 rings (SSSR count). The van der Waals surface area contributed by atoms with Gasteiger partial charge in [0.2, 0.25) is 0 Å². The monoisotopic (exact) mass is 359 g/mol. The van der Waals surface area contributed by atoms with E-state index in [0.717, 1.165) is 24.5 Å². The van der Waals surface area contributed by atoms with E-state index < -0.39 is 28.9 Å². The van der Waals surface area contributed by atoms with E-state index in [1.165, 1.54) is 0 Å². The molecule has 0 unspecified atom stereocenters. The third-order valence-corrected chi connectivity index (χ3v) is 3.65. The number of alkyl halides is 2. The highest BCUT2D eigenvalue weighted by atomic mass is 32.1. The first-order valence-corrected chi connectivity index (χ1v) is 7.24. The maximum atomic E-state index is 12.4. The number of rotatable bonds is 6. The second-order valence-corrected chi connectivity index (χ2v) is 5.26. The van der Waals surface area contributed by atoms with Crippen LogP contribution < -0.4 is 14.8 Å². The van der Waals surface area contributed by atoms with Crippen LogP contribution >= 0.6 is 11.3 Å². The smallest absolute Gasteiger partial charge is 0.387 e. The Morgan fingerprint density at radius 3 is 2.62 bits per heavy atom. The summed E-state index contributed by atoms with van der Waals surface area (Å²) in [5.41, 5.74) is -0.397. The number of nitrogens with zero attached hydrogens (tertiary/aromatic N) is 2. The van der Waals surface area contributed by atoms with E-state index in [0.29, 0.717) is 11.8 Å². The van der Waals surface area contributed by atoms with E-state index in [2.05, 4.69) is 15.0 Å². The van der Waals surface area contributed by atoms with Crippen molar-refractivity contribution in [2.45, 2.75) is 13.5 Å². The zero-order chi connectivity index (χ0) is 17.9. The SMILES string of the molecule is COc1cc(C(=O)Nc2nc(C)cs2)c([N+](=O)[O-])cc1OC(F)F. The molecule has 0 aliphatic carbocycles. The number of anilines is 1. The predicted octanol–water partition coefficient (Wildman–Crippen LogP) is 3.22. The number of aromatic nitrogens is 1. The van der Waals surface area contributed by atoms with E-state index in [-0.39, 0.29) is 16.4 Å². The Kier molecular flexibility index (Phi) is 5.24. The van der Waals surface area contributed by atoms with E-state index in [9.17, 15) is 23.7 Å². The largest absolute Gasteiger partial charge is 0.493 e. The van der Waals surface area contributed by atoms with Gasteiger partial charge in [0.15, 0.2) is 16.6 Å². The molecule has 1 N–H and O–H groups in total. The number of halogens is 2. The third-order valence-electron chi connectivity index (χ3n) is 2.78. The number of ether oxygens (including phenoxy) is 2. The summed E-state index contributed by atoms with van der Waals surface area (Å²) in [5.74, 6) is -1.60. The maximum Gasteiger partial charge on any atom is 0.387 e. The second-order valence-electron chi connectivity index (χ2n) is 4.40. The van der Waals surface area contributed by atoms with Crippen LogP contribution in [0.3, 0.4) is 0 Å². The van der Waals surface area contributed by atoms with Crippen molar-refractivity contribution in [2.75, 3.05) is 12.4 Å². The van der Waals surface area contributed by atoms with Crippen molar-refractivity contribution in [3.63, 3.8) is 0 Å². The summed E-state index contributed by atoms with van der Waals surface area (Å²) >= 11 is 1.14. The van der Waals surface area contributed by atoms with Gasteiger partial charge in [-0.15, -0.1) is 11.3 Å². The van der Waals surface area contributed by atoms with Crippen molar-refractivity contribution < 1.29 is 28.0 Å². The number of nitro groups is 1. The van der Waals surface area contributed by atoms with Crippen LogP contribution in [0.15, 0.2) is 17.5 Å². The minimum atomic E-state index is -3.20. The van der Waals surface area contributed by atoms with Gasteiger partial charge < -0.3 is 9.47 Å². The number of thiazole rings is 1. The van der Waals surface area contributed by atoms with Crippen LogP contribution in [0.1, 0.15) is 16.1 Å². The van der Waals surface area contributed by atoms with Gasteiger partial charge in [-0.2, -0.15) is 8.78 Å². The lowest BCUT2D eigenvalue weighted by molar-refractivity contribution is -0.385. The van der Waals surface area contributed by atoms with Gasteiger partial charge in [0.25, 0.3) is 11.6 Å². The van der Waals surface area contributed by atoms with E-state index >= 15 is 0 Å². The summed E-state index contributed by atoms with van der Waals surface area (Å²) in [6.45, 7) is -1.48. The summed E-state index contributed by atoms with van der Waals surface area (Å²) in [6.07, 6.45) is 0. The van der Waals surface area contributed by atoms with Gasteiger partial charge in [-0.1, -0.05) is 0 Å². The third kappa shape index (κ3) is 3.93. The average molecular weight is 359 g/mol. The lowest BCUT2D eigenvalue weighted by Gasteiger charge is -2.11. The molecule has 128 valence electrons. The van der Waals surface area contributed by atoms with Crippen LogP contribution in [0.5, 0.6) is 11.5 Å². The number of nitrogens with one attached hydrogen (secondary N) is 1. The van der Waals surface area contributed by atoms with Gasteiger partial charge in [-0.05, 0) is 6.92 Å². The number of hydrogen-bond donors (Lipinski definition) is 1. The minimum absolute atomic E-state index is 0.235. The first-order chi connectivity index (χ1) is 11.3. The minimum Gasteiger partial charge on any atom is -0.493 e. The fourth-order valence-electron chi connectivity index (χ4n) is 1.81. The fourth-order valence-corrected chi connectivity index (χ4v) is 2.49. The standard InChI is InChI=1S/C13H11F2N3O5S/c1-6-5-24-13(16-6)17-11(19)7-3-9(22-2)10(23-12(14)15)4-8(7)18(20)21/h3-5,12H,1-2H3,(H,16,17,19). The molecule has 1 amide bonds. The summed E-state index contributed by atoms with van der Waals surface area (Å²) in [7, 11) is 1.16. The summed E-state index contributed by atoms with van der Waals surface area (Å²) in [6, 6.07) is 1.68. The van der Waals surface area contributed by atoms with Crippen molar-refractivity contribution in [3.8, 4) is 11.5 Å². The lowest BCUT2D eigenvalue weighted by atomic mass is 10.1. The molecule has 2 aromatic rings. The molecular formula is C13H11F2N3O5S. The average Bonchev–Trinajstić information content (AvgIpc) is 2.91. The number of nitro benzene ring substituents is 1. The predicted molar refractivity (Wildman–Crippen MR) is 81.1 cm³/mol. The maximum absolute atomic E-state index is 12.4. The first kappa shape index (κ1) is 17.5. The van der Waals surface area contributed by atoms with E-state index in [1.54, 1.807) is 12.3 Å². The van der Waals surface area contributed by atoms with Crippen LogP contribution in [0.4, 0.5) is 19.6 Å². The number of carbonyl (C=O) groups excluding carboxylic acids is 1. The molecule has 8 nitrogen and oxygen atoms in total. The van der Waals surface area contributed by atoms with Crippen molar-refractivity contribution in [1.29, 1.82) is 0 Å².